The van der Waals surface area contributed by atoms with Crippen molar-refractivity contribution in [3.63, 3.8) is 0 Å². The van der Waals surface area contributed by atoms with E-state index in [-0.39, 0.29) is 11.9 Å². The summed E-state index contributed by atoms with van der Waals surface area (Å²) < 4.78 is 1.74. The fourth-order valence-corrected chi connectivity index (χ4v) is 2.96. The normalized spacial score (nSPS) is 12.0. The lowest BCUT2D eigenvalue weighted by Crippen LogP contribution is -2.27. The molecule has 146 valence electrons. The zero-order valence-electron chi connectivity index (χ0n) is 16.7. The molecular weight excluding hydrogens is 352 g/mol. The van der Waals surface area contributed by atoms with Crippen molar-refractivity contribution >= 4 is 11.7 Å². The van der Waals surface area contributed by atoms with Crippen LogP contribution in [0.25, 0.3) is 11.3 Å². The molecule has 0 aliphatic carbocycles. The van der Waals surface area contributed by atoms with Gasteiger partial charge in [-0.15, -0.1) is 0 Å². The van der Waals surface area contributed by atoms with Gasteiger partial charge in [0.15, 0.2) is 0 Å². The maximum Gasteiger partial charge on any atom is 0.251 e. The third-order valence-corrected chi connectivity index (χ3v) is 4.39. The third kappa shape index (κ3) is 4.73. The first-order valence-electron chi connectivity index (χ1n) is 9.44. The van der Waals surface area contributed by atoms with Crippen LogP contribution in [-0.4, -0.2) is 31.7 Å². The highest BCUT2D eigenvalue weighted by Crippen LogP contribution is 2.21. The topological polar surface area (TPSA) is 84.7 Å². The zero-order valence-corrected chi connectivity index (χ0v) is 16.7. The molecule has 7 heteroatoms. The van der Waals surface area contributed by atoms with Crippen molar-refractivity contribution in [1.29, 1.82) is 0 Å². The lowest BCUT2D eigenvalue weighted by Gasteiger charge is -2.15. The van der Waals surface area contributed by atoms with E-state index in [0.717, 1.165) is 29.1 Å². The summed E-state index contributed by atoms with van der Waals surface area (Å²) in [5, 5.41) is 10.5. The number of rotatable bonds is 7. The molecule has 0 radical (unpaired) electrons. The summed E-state index contributed by atoms with van der Waals surface area (Å²) in [7, 11) is 1.87. The Balaban J connectivity index is 1.72. The minimum Gasteiger partial charge on any atom is -0.368 e. The minimum absolute atomic E-state index is 0.0626. The summed E-state index contributed by atoms with van der Waals surface area (Å²) in [5.74, 6) is 0.677. The molecule has 0 fully saturated rings. The standard InChI is InChI=1S/C21H26N6O/c1-5-18(17-11-24-27(4)12-17)26-21(28)16-8-6-15(7-9-16)19-10-20(23-13-22-19)25-14(2)3/h6-14,18H,5H2,1-4H3,(H,26,28)(H,22,23,25)/t18-/m0/s1. The molecule has 2 aromatic heterocycles. The average Bonchev–Trinajstić information content (AvgIpc) is 3.12. The molecular formula is C21H26N6O. The molecule has 1 atom stereocenters. The molecule has 0 aliphatic heterocycles. The van der Waals surface area contributed by atoms with Gasteiger partial charge in [0, 0.05) is 42.0 Å². The molecule has 0 unspecified atom stereocenters. The Bertz CT molecular complexity index is 932. The first kappa shape index (κ1) is 19.5. The van der Waals surface area contributed by atoms with Gasteiger partial charge in [-0.1, -0.05) is 19.1 Å². The summed E-state index contributed by atoms with van der Waals surface area (Å²) in [6.07, 6.45) is 6.05. The van der Waals surface area contributed by atoms with Gasteiger partial charge in [-0.05, 0) is 32.4 Å². The van der Waals surface area contributed by atoms with Crippen LogP contribution >= 0.6 is 0 Å². The molecule has 0 bridgehead atoms. The van der Waals surface area contributed by atoms with Crippen molar-refractivity contribution in [2.24, 2.45) is 7.05 Å². The van der Waals surface area contributed by atoms with Crippen LogP contribution in [0.2, 0.25) is 0 Å². The van der Waals surface area contributed by atoms with Crippen LogP contribution in [-0.2, 0) is 7.05 Å². The van der Waals surface area contributed by atoms with Gasteiger partial charge in [0.1, 0.15) is 12.1 Å². The second-order valence-corrected chi connectivity index (χ2v) is 7.05. The van der Waals surface area contributed by atoms with Crippen LogP contribution in [0, 0.1) is 0 Å². The summed E-state index contributed by atoms with van der Waals surface area (Å²) in [6, 6.07) is 9.58. The smallest absolute Gasteiger partial charge is 0.251 e. The summed E-state index contributed by atoms with van der Waals surface area (Å²) in [6.45, 7) is 6.16. The van der Waals surface area contributed by atoms with Crippen molar-refractivity contribution < 1.29 is 4.79 Å². The molecule has 7 nitrogen and oxygen atoms in total. The van der Waals surface area contributed by atoms with Gasteiger partial charge in [-0.3, -0.25) is 9.48 Å². The largest absolute Gasteiger partial charge is 0.368 e. The van der Waals surface area contributed by atoms with Gasteiger partial charge < -0.3 is 10.6 Å². The number of nitrogens with one attached hydrogen (secondary N) is 2. The van der Waals surface area contributed by atoms with E-state index >= 15 is 0 Å². The number of hydrogen-bond acceptors (Lipinski definition) is 5. The predicted molar refractivity (Wildman–Crippen MR) is 110 cm³/mol. The Morgan fingerprint density at radius 1 is 1.18 bits per heavy atom. The van der Waals surface area contributed by atoms with Gasteiger partial charge in [0.05, 0.1) is 17.9 Å². The van der Waals surface area contributed by atoms with Gasteiger partial charge in [0.2, 0.25) is 0 Å². The number of benzene rings is 1. The Hall–Kier alpha value is -3.22. The summed E-state index contributed by atoms with van der Waals surface area (Å²) >= 11 is 0. The molecule has 2 N–H and O–H groups in total. The Morgan fingerprint density at radius 3 is 2.54 bits per heavy atom. The van der Waals surface area contributed by atoms with E-state index in [4.69, 9.17) is 0 Å². The quantitative estimate of drug-likeness (QED) is 0.656. The Labute approximate surface area is 165 Å². The van der Waals surface area contributed by atoms with Gasteiger partial charge >= 0.3 is 0 Å². The molecule has 3 rings (SSSR count). The van der Waals surface area contributed by atoms with Crippen LogP contribution in [0.4, 0.5) is 5.82 Å². The fourth-order valence-electron chi connectivity index (χ4n) is 2.96. The Morgan fingerprint density at radius 2 is 1.93 bits per heavy atom. The molecule has 0 spiro atoms. The number of aromatic nitrogens is 4. The number of hydrogen-bond donors (Lipinski definition) is 2. The highest BCUT2D eigenvalue weighted by molar-refractivity contribution is 5.94. The highest BCUT2D eigenvalue weighted by atomic mass is 16.1. The first-order valence-corrected chi connectivity index (χ1v) is 9.44. The average molecular weight is 378 g/mol. The lowest BCUT2D eigenvalue weighted by atomic mass is 10.1. The summed E-state index contributed by atoms with van der Waals surface area (Å²) in [4.78, 5) is 21.2. The summed E-state index contributed by atoms with van der Waals surface area (Å²) in [5.41, 5.74) is 3.36. The van der Waals surface area contributed by atoms with Crippen LogP contribution in [0.15, 0.2) is 49.1 Å². The molecule has 0 saturated heterocycles. The maximum atomic E-state index is 12.6. The number of aryl methyl sites for hydroxylation is 1. The second kappa shape index (κ2) is 8.65. The Kier molecular flexibility index (Phi) is 6.03. The number of amides is 1. The van der Waals surface area contributed by atoms with Crippen molar-refractivity contribution in [2.45, 2.75) is 39.3 Å². The van der Waals surface area contributed by atoms with Crippen LogP contribution in [0.5, 0.6) is 0 Å². The SMILES string of the molecule is CC[C@H](NC(=O)c1ccc(-c2cc(NC(C)C)ncn2)cc1)c1cnn(C)c1. The van der Waals surface area contributed by atoms with Crippen molar-refractivity contribution in [3.05, 3.63) is 60.2 Å². The monoisotopic (exact) mass is 378 g/mol. The molecule has 28 heavy (non-hydrogen) atoms. The molecule has 2 heterocycles. The molecule has 3 aromatic rings. The van der Waals surface area contributed by atoms with Crippen molar-refractivity contribution in [2.75, 3.05) is 5.32 Å². The van der Waals surface area contributed by atoms with Gasteiger partial charge in [-0.25, -0.2) is 9.97 Å². The molecule has 0 aliphatic rings. The van der Waals surface area contributed by atoms with Crippen molar-refractivity contribution in [1.82, 2.24) is 25.1 Å². The highest BCUT2D eigenvalue weighted by Gasteiger charge is 2.15. The number of carbonyl (C=O) groups is 1. The van der Waals surface area contributed by atoms with Gasteiger partial charge in [0.25, 0.3) is 5.91 Å². The number of carbonyl (C=O) groups excluding carboxylic acids is 1. The van der Waals surface area contributed by atoms with E-state index in [1.165, 1.54) is 0 Å². The van der Waals surface area contributed by atoms with E-state index < -0.39 is 0 Å². The number of anilines is 1. The lowest BCUT2D eigenvalue weighted by molar-refractivity contribution is 0.0935. The van der Waals surface area contributed by atoms with E-state index in [2.05, 4.69) is 39.5 Å². The predicted octanol–water partition coefficient (Wildman–Crippen LogP) is 3.58. The van der Waals surface area contributed by atoms with E-state index in [0.29, 0.717) is 11.6 Å². The number of nitrogens with zero attached hydrogens (tertiary/aromatic N) is 4. The van der Waals surface area contributed by atoms with E-state index in [1.807, 2.05) is 50.5 Å². The molecule has 1 amide bonds. The molecule has 0 saturated carbocycles. The van der Waals surface area contributed by atoms with Crippen LogP contribution in [0.1, 0.15) is 49.2 Å². The fraction of sp³-hybridized carbons (Fsp3) is 0.333. The maximum absolute atomic E-state index is 12.6. The zero-order chi connectivity index (χ0) is 20.1. The van der Waals surface area contributed by atoms with Crippen molar-refractivity contribution in [3.8, 4) is 11.3 Å². The molecule has 1 aromatic carbocycles. The van der Waals surface area contributed by atoms with Crippen LogP contribution < -0.4 is 10.6 Å². The minimum atomic E-state index is -0.105. The van der Waals surface area contributed by atoms with E-state index in [1.54, 1.807) is 17.2 Å². The third-order valence-electron chi connectivity index (χ3n) is 4.39. The van der Waals surface area contributed by atoms with E-state index in [9.17, 15) is 4.79 Å². The second-order valence-electron chi connectivity index (χ2n) is 7.05. The van der Waals surface area contributed by atoms with Crippen LogP contribution in [0.3, 0.4) is 0 Å². The first-order chi connectivity index (χ1) is 13.5. The van der Waals surface area contributed by atoms with Gasteiger partial charge in [-0.2, -0.15) is 5.10 Å².